The number of rotatable bonds is 2. The molecular formula is C13H16N2O5. The van der Waals surface area contributed by atoms with Gasteiger partial charge in [0.1, 0.15) is 5.75 Å². The SMILES string of the molecule is CN(C(=O)N1CCOCC1C(=O)O)c1ccc(O)cc1. The number of phenols is 1. The molecule has 1 aromatic rings. The minimum atomic E-state index is -1.09. The highest BCUT2D eigenvalue weighted by molar-refractivity contribution is 5.94. The van der Waals surface area contributed by atoms with Crippen LogP contribution < -0.4 is 4.90 Å². The summed E-state index contributed by atoms with van der Waals surface area (Å²) in [4.78, 5) is 26.1. The number of morpholine rings is 1. The number of carboxylic acid groups (broad SMARTS) is 1. The summed E-state index contributed by atoms with van der Waals surface area (Å²) in [5.41, 5.74) is 0.573. The van der Waals surface area contributed by atoms with Crippen LogP contribution in [-0.4, -0.2) is 60.0 Å². The van der Waals surface area contributed by atoms with E-state index < -0.39 is 18.0 Å². The van der Waals surface area contributed by atoms with Crippen LogP contribution in [-0.2, 0) is 9.53 Å². The van der Waals surface area contributed by atoms with Crippen LogP contribution in [0.5, 0.6) is 5.75 Å². The first-order valence-corrected chi connectivity index (χ1v) is 6.14. The van der Waals surface area contributed by atoms with Gasteiger partial charge in [0.05, 0.1) is 13.2 Å². The van der Waals surface area contributed by atoms with Crippen molar-refractivity contribution in [2.75, 3.05) is 31.7 Å². The van der Waals surface area contributed by atoms with E-state index in [1.165, 1.54) is 21.9 Å². The van der Waals surface area contributed by atoms with Crippen LogP contribution in [0.3, 0.4) is 0 Å². The molecule has 2 amide bonds. The Labute approximate surface area is 116 Å². The zero-order chi connectivity index (χ0) is 14.7. The molecule has 0 aliphatic carbocycles. The molecule has 7 heteroatoms. The lowest BCUT2D eigenvalue weighted by Gasteiger charge is -2.35. The molecule has 1 aromatic carbocycles. The van der Waals surface area contributed by atoms with Gasteiger partial charge in [-0.25, -0.2) is 9.59 Å². The minimum Gasteiger partial charge on any atom is -0.508 e. The number of hydrogen-bond acceptors (Lipinski definition) is 4. The van der Waals surface area contributed by atoms with Gasteiger partial charge in [0.25, 0.3) is 0 Å². The fraction of sp³-hybridized carbons (Fsp3) is 0.385. The smallest absolute Gasteiger partial charge is 0.328 e. The van der Waals surface area contributed by atoms with Crippen LogP contribution in [0.4, 0.5) is 10.5 Å². The van der Waals surface area contributed by atoms with E-state index in [9.17, 15) is 14.7 Å². The van der Waals surface area contributed by atoms with E-state index in [1.54, 1.807) is 19.2 Å². The quantitative estimate of drug-likeness (QED) is 0.833. The largest absolute Gasteiger partial charge is 0.508 e. The van der Waals surface area contributed by atoms with Gasteiger partial charge in [-0.05, 0) is 24.3 Å². The average molecular weight is 280 g/mol. The molecule has 0 spiro atoms. The molecule has 1 atom stereocenters. The number of carbonyl (C=O) groups is 2. The highest BCUT2D eigenvalue weighted by Crippen LogP contribution is 2.20. The molecule has 2 N–H and O–H groups in total. The van der Waals surface area contributed by atoms with Crippen molar-refractivity contribution in [3.8, 4) is 5.75 Å². The molecule has 0 aromatic heterocycles. The molecule has 2 rings (SSSR count). The van der Waals surface area contributed by atoms with Crippen molar-refractivity contribution in [3.63, 3.8) is 0 Å². The highest BCUT2D eigenvalue weighted by Gasteiger charge is 2.34. The molecule has 0 saturated carbocycles. The van der Waals surface area contributed by atoms with E-state index in [1.807, 2.05) is 0 Å². The number of hydrogen-bond donors (Lipinski definition) is 2. The Morgan fingerprint density at radius 3 is 2.60 bits per heavy atom. The summed E-state index contributed by atoms with van der Waals surface area (Å²) in [5, 5.41) is 18.4. The topological polar surface area (TPSA) is 90.3 Å². The van der Waals surface area contributed by atoms with E-state index in [0.717, 1.165) is 0 Å². The van der Waals surface area contributed by atoms with E-state index in [-0.39, 0.29) is 18.9 Å². The third-order valence-electron chi connectivity index (χ3n) is 3.18. The van der Waals surface area contributed by atoms with E-state index in [4.69, 9.17) is 9.84 Å². The number of urea groups is 1. The monoisotopic (exact) mass is 280 g/mol. The number of carboxylic acids is 1. The summed E-state index contributed by atoms with van der Waals surface area (Å²) >= 11 is 0. The Bertz CT molecular complexity index is 502. The van der Waals surface area contributed by atoms with E-state index >= 15 is 0 Å². The predicted molar refractivity (Wildman–Crippen MR) is 70.9 cm³/mol. The Morgan fingerprint density at radius 2 is 2.00 bits per heavy atom. The number of carbonyl (C=O) groups excluding carboxylic acids is 1. The molecule has 20 heavy (non-hydrogen) atoms. The van der Waals surface area contributed by atoms with Crippen molar-refractivity contribution < 1.29 is 24.5 Å². The van der Waals surface area contributed by atoms with Gasteiger partial charge in [-0.15, -0.1) is 0 Å². The summed E-state index contributed by atoms with van der Waals surface area (Å²) in [7, 11) is 1.56. The number of aliphatic carboxylic acids is 1. The lowest BCUT2D eigenvalue weighted by Crippen LogP contribution is -2.56. The maximum absolute atomic E-state index is 12.4. The number of aromatic hydroxyl groups is 1. The molecule has 1 fully saturated rings. The Balaban J connectivity index is 2.16. The number of anilines is 1. The van der Waals surface area contributed by atoms with Gasteiger partial charge in [-0.2, -0.15) is 0 Å². The average Bonchev–Trinajstić information content (AvgIpc) is 2.46. The second kappa shape index (κ2) is 5.79. The first-order chi connectivity index (χ1) is 9.50. The Morgan fingerprint density at radius 1 is 1.35 bits per heavy atom. The lowest BCUT2D eigenvalue weighted by molar-refractivity contribution is -0.147. The van der Waals surface area contributed by atoms with Gasteiger partial charge >= 0.3 is 12.0 Å². The summed E-state index contributed by atoms with van der Waals surface area (Å²) in [6, 6.07) is 4.72. The molecular weight excluding hydrogens is 264 g/mol. The van der Waals surface area contributed by atoms with Crippen molar-refractivity contribution in [3.05, 3.63) is 24.3 Å². The van der Waals surface area contributed by atoms with Gasteiger partial charge in [-0.3, -0.25) is 4.90 Å². The summed E-state index contributed by atoms with van der Waals surface area (Å²) in [6.07, 6.45) is 0. The van der Waals surface area contributed by atoms with Crippen LogP contribution in [0.25, 0.3) is 0 Å². The maximum atomic E-state index is 12.4. The summed E-state index contributed by atoms with van der Waals surface area (Å²) in [5.74, 6) is -0.985. The fourth-order valence-electron chi connectivity index (χ4n) is 2.02. The first kappa shape index (κ1) is 14.1. The van der Waals surface area contributed by atoms with Crippen LogP contribution in [0.2, 0.25) is 0 Å². The maximum Gasteiger partial charge on any atom is 0.328 e. The molecule has 1 heterocycles. The molecule has 7 nitrogen and oxygen atoms in total. The first-order valence-electron chi connectivity index (χ1n) is 6.14. The van der Waals surface area contributed by atoms with Gasteiger partial charge in [0.15, 0.2) is 6.04 Å². The van der Waals surface area contributed by atoms with Crippen LogP contribution >= 0.6 is 0 Å². The van der Waals surface area contributed by atoms with Crippen LogP contribution in [0.1, 0.15) is 0 Å². The highest BCUT2D eigenvalue weighted by atomic mass is 16.5. The molecule has 1 aliphatic heterocycles. The molecule has 1 saturated heterocycles. The number of ether oxygens (including phenoxy) is 1. The second-order valence-electron chi connectivity index (χ2n) is 4.48. The number of phenolic OH excluding ortho intramolecular Hbond substituents is 1. The lowest BCUT2D eigenvalue weighted by atomic mass is 10.2. The van der Waals surface area contributed by atoms with Crippen LogP contribution in [0, 0.1) is 0 Å². The minimum absolute atomic E-state index is 0.00943. The summed E-state index contributed by atoms with van der Waals surface area (Å²) < 4.78 is 5.10. The fourth-order valence-corrected chi connectivity index (χ4v) is 2.02. The molecule has 1 unspecified atom stereocenters. The standard InChI is InChI=1S/C13H16N2O5/c1-14(9-2-4-10(16)5-3-9)13(19)15-6-7-20-8-11(15)12(17)18/h2-5,11,16H,6-8H2,1H3,(H,17,18). The second-order valence-corrected chi connectivity index (χ2v) is 4.48. The number of benzene rings is 1. The molecule has 0 bridgehead atoms. The van der Waals surface area contributed by atoms with E-state index in [0.29, 0.717) is 12.3 Å². The van der Waals surface area contributed by atoms with Crippen molar-refractivity contribution in [2.45, 2.75) is 6.04 Å². The molecule has 1 aliphatic rings. The van der Waals surface area contributed by atoms with Crippen molar-refractivity contribution in [1.29, 1.82) is 0 Å². The van der Waals surface area contributed by atoms with Crippen LogP contribution in [0.15, 0.2) is 24.3 Å². The van der Waals surface area contributed by atoms with E-state index in [2.05, 4.69) is 0 Å². The zero-order valence-electron chi connectivity index (χ0n) is 11.0. The number of amides is 2. The molecule has 0 radical (unpaired) electrons. The Hall–Kier alpha value is -2.28. The summed E-state index contributed by atoms with van der Waals surface area (Å²) in [6.45, 7) is 0.543. The zero-order valence-corrected chi connectivity index (χ0v) is 11.0. The third-order valence-corrected chi connectivity index (χ3v) is 3.18. The van der Waals surface area contributed by atoms with Crippen molar-refractivity contribution in [1.82, 2.24) is 4.90 Å². The normalized spacial score (nSPS) is 18.6. The van der Waals surface area contributed by atoms with Gasteiger partial charge < -0.3 is 19.8 Å². The third kappa shape index (κ3) is 2.83. The van der Waals surface area contributed by atoms with Gasteiger partial charge in [0.2, 0.25) is 0 Å². The van der Waals surface area contributed by atoms with Crippen molar-refractivity contribution in [2.24, 2.45) is 0 Å². The van der Waals surface area contributed by atoms with Gasteiger partial charge in [-0.1, -0.05) is 0 Å². The number of nitrogens with zero attached hydrogens (tertiary/aromatic N) is 2. The molecule has 108 valence electrons. The van der Waals surface area contributed by atoms with Gasteiger partial charge in [0, 0.05) is 19.3 Å². The predicted octanol–water partition coefficient (Wildman–Crippen LogP) is 0.734. The Kier molecular flexibility index (Phi) is 4.09. The van der Waals surface area contributed by atoms with Crippen molar-refractivity contribution >= 4 is 17.7 Å².